The second-order valence-electron chi connectivity index (χ2n) is 7.24. The van der Waals surface area contributed by atoms with Gasteiger partial charge in [0, 0.05) is 38.5 Å². The molecule has 0 aromatic rings. The third kappa shape index (κ3) is 3.06. The van der Waals surface area contributed by atoms with E-state index in [-0.39, 0.29) is 41.8 Å². The van der Waals surface area contributed by atoms with Crippen LogP contribution in [0.25, 0.3) is 0 Å². The highest BCUT2D eigenvalue weighted by atomic mass is 32.2. The van der Waals surface area contributed by atoms with Gasteiger partial charge < -0.3 is 4.90 Å². The molecule has 0 unspecified atom stereocenters. The largest absolute Gasteiger partial charge is 0.331 e. The first-order chi connectivity index (χ1) is 11.4. The summed E-state index contributed by atoms with van der Waals surface area (Å²) in [6.07, 6.45) is 3.01. The van der Waals surface area contributed by atoms with Gasteiger partial charge >= 0.3 is 0 Å². The monoisotopic (exact) mass is 354 g/mol. The standard InChI is InChI=1S/C15H22N4O4S/c20-14-4-3-11(16-17-14)15(21)19-6-5-18(7-10-1-2-10)12-8-24(22,23)9-13(12)19/h10,12-13H,1-9H2,(H,17,20)/t12-,13+/m1/s1. The van der Waals surface area contributed by atoms with Gasteiger partial charge in [-0.25, -0.2) is 13.8 Å². The van der Waals surface area contributed by atoms with Gasteiger partial charge in [0.15, 0.2) is 9.84 Å². The number of amides is 2. The Kier molecular flexibility index (Phi) is 3.87. The normalized spacial score (nSPS) is 32.9. The van der Waals surface area contributed by atoms with E-state index in [0.717, 1.165) is 6.54 Å². The van der Waals surface area contributed by atoms with Crippen LogP contribution in [0.2, 0.25) is 0 Å². The summed E-state index contributed by atoms with van der Waals surface area (Å²) in [7, 11) is -3.13. The fourth-order valence-corrected chi connectivity index (χ4v) is 5.94. The minimum absolute atomic E-state index is 0.0320. The van der Waals surface area contributed by atoms with Crippen molar-refractivity contribution in [3.05, 3.63) is 0 Å². The third-order valence-electron chi connectivity index (χ3n) is 5.39. The third-order valence-corrected chi connectivity index (χ3v) is 7.09. The number of nitrogens with one attached hydrogen (secondary N) is 1. The molecule has 3 fully saturated rings. The Balaban J connectivity index is 1.54. The first-order valence-electron chi connectivity index (χ1n) is 8.54. The molecule has 0 bridgehead atoms. The molecular weight excluding hydrogens is 332 g/mol. The summed E-state index contributed by atoms with van der Waals surface area (Å²) in [5.41, 5.74) is 2.67. The van der Waals surface area contributed by atoms with Crippen LogP contribution in [0.5, 0.6) is 0 Å². The molecule has 2 saturated heterocycles. The maximum atomic E-state index is 12.8. The van der Waals surface area contributed by atoms with Gasteiger partial charge in [0.2, 0.25) is 5.91 Å². The maximum Gasteiger partial charge on any atom is 0.270 e. The smallest absolute Gasteiger partial charge is 0.270 e. The number of hydrogen-bond donors (Lipinski definition) is 1. The number of carbonyl (C=O) groups is 2. The Morgan fingerprint density at radius 2 is 1.92 bits per heavy atom. The minimum atomic E-state index is -3.13. The van der Waals surface area contributed by atoms with E-state index in [1.807, 2.05) is 0 Å². The Labute approximate surface area is 141 Å². The van der Waals surface area contributed by atoms with Crippen LogP contribution in [0.4, 0.5) is 0 Å². The fraction of sp³-hybridized carbons (Fsp3) is 0.800. The van der Waals surface area contributed by atoms with Crippen LogP contribution in [-0.4, -0.2) is 79.0 Å². The highest BCUT2D eigenvalue weighted by Gasteiger charge is 2.49. The van der Waals surface area contributed by atoms with E-state index in [2.05, 4.69) is 15.4 Å². The average Bonchev–Trinajstić information content (AvgIpc) is 3.28. The number of piperazine rings is 1. The molecule has 9 heteroatoms. The lowest BCUT2D eigenvalue weighted by Crippen LogP contribution is -2.62. The topological polar surface area (TPSA) is 99.2 Å². The van der Waals surface area contributed by atoms with Gasteiger partial charge in [0.25, 0.3) is 5.91 Å². The van der Waals surface area contributed by atoms with Crippen molar-refractivity contribution in [3.63, 3.8) is 0 Å². The molecule has 1 N–H and O–H groups in total. The molecule has 3 aliphatic heterocycles. The molecule has 0 aromatic carbocycles. The van der Waals surface area contributed by atoms with Crippen LogP contribution in [-0.2, 0) is 19.4 Å². The Hall–Kier alpha value is -1.48. The van der Waals surface area contributed by atoms with Crippen LogP contribution >= 0.6 is 0 Å². The maximum absolute atomic E-state index is 12.8. The van der Waals surface area contributed by atoms with Crippen molar-refractivity contribution >= 4 is 27.4 Å². The lowest BCUT2D eigenvalue weighted by molar-refractivity contribution is -0.130. The van der Waals surface area contributed by atoms with Crippen LogP contribution in [0, 0.1) is 5.92 Å². The van der Waals surface area contributed by atoms with Gasteiger partial charge in [-0.2, -0.15) is 5.10 Å². The second kappa shape index (κ2) is 5.80. The molecule has 1 saturated carbocycles. The molecule has 3 heterocycles. The summed E-state index contributed by atoms with van der Waals surface area (Å²) in [6, 6.07) is -0.401. The number of rotatable bonds is 3. The molecular formula is C15H22N4O4S. The zero-order valence-corrected chi connectivity index (χ0v) is 14.3. The Bertz CT molecular complexity index is 700. The predicted molar refractivity (Wildman–Crippen MR) is 87.1 cm³/mol. The summed E-state index contributed by atoms with van der Waals surface area (Å²) in [6.45, 7) is 2.17. The van der Waals surface area contributed by atoms with E-state index in [0.29, 0.717) is 31.1 Å². The van der Waals surface area contributed by atoms with Gasteiger partial charge in [0.05, 0.1) is 17.5 Å². The average molecular weight is 354 g/mol. The van der Waals surface area contributed by atoms with Crippen molar-refractivity contribution in [3.8, 4) is 0 Å². The zero-order chi connectivity index (χ0) is 16.9. The van der Waals surface area contributed by atoms with Crippen LogP contribution in [0.3, 0.4) is 0 Å². The van der Waals surface area contributed by atoms with Gasteiger partial charge in [-0.1, -0.05) is 0 Å². The first kappa shape index (κ1) is 16.0. The lowest BCUT2D eigenvalue weighted by atomic mass is 10.0. The number of hydrogen-bond acceptors (Lipinski definition) is 6. The van der Waals surface area contributed by atoms with Crippen molar-refractivity contribution in [1.29, 1.82) is 0 Å². The van der Waals surface area contributed by atoms with Crippen molar-refractivity contribution in [2.75, 3.05) is 31.1 Å². The predicted octanol–water partition coefficient (Wildman–Crippen LogP) is -1.03. The molecule has 4 rings (SSSR count). The number of carbonyl (C=O) groups excluding carboxylic acids is 2. The van der Waals surface area contributed by atoms with Crippen molar-refractivity contribution in [1.82, 2.24) is 15.2 Å². The van der Waals surface area contributed by atoms with Crippen LogP contribution < -0.4 is 5.43 Å². The molecule has 2 atom stereocenters. The number of sulfone groups is 1. The second-order valence-corrected chi connectivity index (χ2v) is 9.40. The number of fused-ring (bicyclic) bond motifs is 1. The van der Waals surface area contributed by atoms with Crippen LogP contribution in [0.1, 0.15) is 25.7 Å². The minimum Gasteiger partial charge on any atom is -0.331 e. The van der Waals surface area contributed by atoms with Crippen molar-refractivity contribution < 1.29 is 18.0 Å². The molecule has 1 aliphatic carbocycles. The molecule has 2 amide bonds. The van der Waals surface area contributed by atoms with Crippen molar-refractivity contribution in [2.24, 2.45) is 11.0 Å². The van der Waals surface area contributed by atoms with Gasteiger partial charge in [-0.3, -0.25) is 14.5 Å². The highest BCUT2D eigenvalue weighted by Crippen LogP contribution is 2.34. The zero-order valence-electron chi connectivity index (χ0n) is 13.5. The summed E-state index contributed by atoms with van der Waals surface area (Å²) in [5, 5.41) is 3.88. The fourth-order valence-electron chi connectivity index (χ4n) is 3.93. The van der Waals surface area contributed by atoms with E-state index in [1.54, 1.807) is 4.90 Å². The van der Waals surface area contributed by atoms with Crippen molar-refractivity contribution in [2.45, 2.75) is 37.8 Å². The molecule has 4 aliphatic rings. The SMILES string of the molecule is O=C1CCC(C(=O)N2CCN(CC3CC3)[C@@H]3CS(=O)(=O)C[C@@H]32)=NN1. The summed E-state index contributed by atoms with van der Waals surface area (Å²) >= 11 is 0. The van der Waals surface area contributed by atoms with Crippen LogP contribution in [0.15, 0.2) is 5.10 Å². The molecule has 8 nitrogen and oxygen atoms in total. The van der Waals surface area contributed by atoms with Gasteiger partial charge in [0.1, 0.15) is 5.71 Å². The first-order valence-corrected chi connectivity index (χ1v) is 10.4. The van der Waals surface area contributed by atoms with Gasteiger partial charge in [-0.15, -0.1) is 0 Å². The van der Waals surface area contributed by atoms with E-state index in [4.69, 9.17) is 0 Å². The molecule has 0 radical (unpaired) electrons. The summed E-state index contributed by atoms with van der Waals surface area (Å²) in [5.74, 6) is 0.436. The Morgan fingerprint density at radius 3 is 2.58 bits per heavy atom. The van der Waals surface area contributed by atoms with E-state index in [1.165, 1.54) is 12.8 Å². The van der Waals surface area contributed by atoms with E-state index >= 15 is 0 Å². The molecule has 132 valence electrons. The van der Waals surface area contributed by atoms with E-state index < -0.39 is 9.84 Å². The summed E-state index contributed by atoms with van der Waals surface area (Å²) in [4.78, 5) is 27.9. The number of nitrogens with zero attached hydrogens (tertiary/aromatic N) is 3. The lowest BCUT2D eigenvalue weighted by Gasteiger charge is -2.44. The Morgan fingerprint density at radius 1 is 1.17 bits per heavy atom. The van der Waals surface area contributed by atoms with Gasteiger partial charge in [-0.05, 0) is 18.8 Å². The molecule has 0 spiro atoms. The van der Waals surface area contributed by atoms with E-state index in [9.17, 15) is 18.0 Å². The quantitative estimate of drug-likeness (QED) is 0.699. The highest BCUT2D eigenvalue weighted by molar-refractivity contribution is 7.91. The molecule has 24 heavy (non-hydrogen) atoms. The summed E-state index contributed by atoms with van der Waals surface area (Å²) < 4.78 is 24.4. The number of hydrazone groups is 1. The molecule has 0 aromatic heterocycles.